The first-order valence-electron chi connectivity index (χ1n) is 11.5. The van der Waals surface area contributed by atoms with E-state index >= 15 is 0 Å². The SMILES string of the molecule is CC(C)n1cnnc1-c1cccc(N2CCN(C3CC(C4C=N[N+](C(C)C)=C4)C3)C2=O)n1. The van der Waals surface area contributed by atoms with E-state index in [-0.39, 0.29) is 12.1 Å². The molecule has 4 heterocycles. The van der Waals surface area contributed by atoms with Gasteiger partial charge in [-0.05, 0) is 63.7 Å². The Labute approximate surface area is 188 Å². The lowest BCUT2D eigenvalue weighted by Crippen LogP contribution is -2.49. The predicted octanol–water partition coefficient (Wildman–Crippen LogP) is 3.05. The fourth-order valence-corrected chi connectivity index (χ4v) is 4.76. The fourth-order valence-electron chi connectivity index (χ4n) is 4.76. The molecule has 0 spiro atoms. The van der Waals surface area contributed by atoms with Gasteiger partial charge >= 0.3 is 6.03 Å². The van der Waals surface area contributed by atoms with Gasteiger partial charge in [-0.15, -0.1) is 10.2 Å². The van der Waals surface area contributed by atoms with Crippen molar-refractivity contribution in [3.05, 3.63) is 24.5 Å². The molecule has 9 nitrogen and oxygen atoms in total. The van der Waals surface area contributed by atoms with Gasteiger partial charge in [-0.3, -0.25) is 4.90 Å². The Hall–Kier alpha value is -3.10. The van der Waals surface area contributed by atoms with Crippen LogP contribution in [-0.2, 0) is 0 Å². The number of carbonyl (C=O) groups is 1. The lowest BCUT2D eigenvalue weighted by atomic mass is 9.72. The molecule has 2 fully saturated rings. The number of hydrazone groups is 1. The number of urea groups is 1. The molecule has 2 aromatic rings. The molecule has 1 aliphatic carbocycles. The molecule has 1 atom stereocenters. The zero-order valence-electron chi connectivity index (χ0n) is 19.2. The summed E-state index contributed by atoms with van der Waals surface area (Å²) in [6.07, 6.45) is 8.07. The minimum Gasteiger partial charge on any atom is -0.320 e. The molecule has 2 amide bonds. The van der Waals surface area contributed by atoms with Gasteiger partial charge in [0.05, 0.1) is 12.1 Å². The van der Waals surface area contributed by atoms with Crippen LogP contribution in [0.1, 0.15) is 46.6 Å². The number of pyridine rings is 1. The highest BCUT2D eigenvalue weighted by Crippen LogP contribution is 2.39. The molecule has 3 aliphatic rings. The van der Waals surface area contributed by atoms with Crippen molar-refractivity contribution in [1.82, 2.24) is 24.6 Å². The maximum Gasteiger partial charge on any atom is 0.326 e. The van der Waals surface area contributed by atoms with Gasteiger partial charge in [-0.2, -0.15) is 0 Å². The third-order valence-electron chi connectivity index (χ3n) is 6.77. The van der Waals surface area contributed by atoms with Crippen molar-refractivity contribution >= 4 is 24.3 Å². The molecular formula is C23H31N8O+. The Morgan fingerprint density at radius 1 is 1.12 bits per heavy atom. The van der Waals surface area contributed by atoms with Crippen LogP contribution >= 0.6 is 0 Å². The number of aromatic nitrogens is 4. The molecule has 0 N–H and O–H groups in total. The summed E-state index contributed by atoms with van der Waals surface area (Å²) in [6, 6.07) is 6.73. The summed E-state index contributed by atoms with van der Waals surface area (Å²) in [5.74, 6) is 2.35. The highest BCUT2D eigenvalue weighted by molar-refractivity contribution is 5.93. The summed E-state index contributed by atoms with van der Waals surface area (Å²) in [5, 5.41) is 12.8. The van der Waals surface area contributed by atoms with E-state index < -0.39 is 0 Å². The minimum absolute atomic E-state index is 0.0521. The second kappa shape index (κ2) is 8.11. The normalized spacial score (nSPS) is 25.2. The van der Waals surface area contributed by atoms with Crippen LogP contribution in [-0.4, -0.2) is 73.0 Å². The average Bonchev–Trinajstić information content (AvgIpc) is 3.47. The van der Waals surface area contributed by atoms with Crippen LogP contribution in [0.2, 0.25) is 0 Å². The van der Waals surface area contributed by atoms with Crippen molar-refractivity contribution in [1.29, 1.82) is 0 Å². The van der Waals surface area contributed by atoms with Crippen molar-refractivity contribution in [3.8, 4) is 11.5 Å². The number of hydrogen-bond acceptors (Lipinski definition) is 5. The molecule has 5 rings (SSSR count). The van der Waals surface area contributed by atoms with Crippen LogP contribution in [0.25, 0.3) is 11.5 Å². The van der Waals surface area contributed by atoms with E-state index in [1.165, 1.54) is 0 Å². The predicted molar refractivity (Wildman–Crippen MR) is 123 cm³/mol. The zero-order chi connectivity index (χ0) is 22.4. The monoisotopic (exact) mass is 435 g/mol. The average molecular weight is 436 g/mol. The molecule has 32 heavy (non-hydrogen) atoms. The van der Waals surface area contributed by atoms with Gasteiger partial charge in [0.2, 0.25) is 0 Å². The van der Waals surface area contributed by atoms with Crippen molar-refractivity contribution in [2.24, 2.45) is 16.9 Å². The first kappa shape index (κ1) is 20.8. The smallest absolute Gasteiger partial charge is 0.320 e. The molecule has 9 heteroatoms. The molecular weight excluding hydrogens is 404 g/mol. The van der Waals surface area contributed by atoms with E-state index in [1.807, 2.05) is 32.4 Å². The third kappa shape index (κ3) is 3.59. The van der Waals surface area contributed by atoms with Crippen LogP contribution in [0.15, 0.2) is 29.6 Å². The molecule has 1 saturated carbocycles. The van der Waals surface area contributed by atoms with Gasteiger partial charge in [0.1, 0.15) is 17.8 Å². The van der Waals surface area contributed by atoms with E-state index in [4.69, 9.17) is 4.98 Å². The topological polar surface area (TPSA) is 82.5 Å². The quantitative estimate of drug-likeness (QED) is 0.653. The molecule has 2 aromatic heterocycles. The Kier molecular flexibility index (Phi) is 5.27. The van der Waals surface area contributed by atoms with Gasteiger partial charge in [-0.1, -0.05) is 10.8 Å². The van der Waals surface area contributed by atoms with Crippen molar-refractivity contribution in [2.75, 3.05) is 18.0 Å². The maximum absolute atomic E-state index is 13.2. The van der Waals surface area contributed by atoms with Gasteiger partial charge in [-0.25, -0.2) is 9.78 Å². The van der Waals surface area contributed by atoms with Gasteiger partial charge in [0, 0.05) is 25.2 Å². The number of carbonyl (C=O) groups excluding carboxylic acids is 1. The number of amides is 2. The van der Waals surface area contributed by atoms with E-state index in [0.717, 1.165) is 30.9 Å². The van der Waals surface area contributed by atoms with Gasteiger partial charge < -0.3 is 9.47 Å². The Morgan fingerprint density at radius 2 is 1.94 bits per heavy atom. The molecule has 1 saturated heterocycles. The summed E-state index contributed by atoms with van der Waals surface area (Å²) in [5.41, 5.74) is 0.731. The summed E-state index contributed by atoms with van der Waals surface area (Å²) in [6.45, 7) is 9.86. The second-order valence-corrected chi connectivity index (χ2v) is 9.51. The van der Waals surface area contributed by atoms with Crippen LogP contribution in [0.3, 0.4) is 0 Å². The van der Waals surface area contributed by atoms with Crippen molar-refractivity contribution < 1.29 is 9.48 Å². The lowest BCUT2D eigenvalue weighted by Gasteiger charge is -2.41. The zero-order valence-corrected chi connectivity index (χ0v) is 19.2. The molecule has 2 aliphatic heterocycles. The van der Waals surface area contributed by atoms with Crippen molar-refractivity contribution in [3.63, 3.8) is 0 Å². The van der Waals surface area contributed by atoms with E-state index in [9.17, 15) is 4.79 Å². The van der Waals surface area contributed by atoms with Crippen molar-refractivity contribution in [2.45, 2.75) is 58.7 Å². The summed E-state index contributed by atoms with van der Waals surface area (Å²) < 4.78 is 4.03. The number of rotatable bonds is 6. The Bertz CT molecular complexity index is 1070. The van der Waals surface area contributed by atoms with E-state index in [2.05, 4.69) is 55.4 Å². The minimum atomic E-state index is 0.0521. The Morgan fingerprint density at radius 3 is 2.66 bits per heavy atom. The Balaban J connectivity index is 1.25. The third-order valence-corrected chi connectivity index (χ3v) is 6.77. The van der Waals surface area contributed by atoms with Crippen LogP contribution < -0.4 is 4.90 Å². The summed E-state index contributed by atoms with van der Waals surface area (Å²) in [4.78, 5) is 21.8. The number of hydrogen-bond donors (Lipinski definition) is 0. The molecule has 168 valence electrons. The maximum atomic E-state index is 13.2. The summed E-state index contributed by atoms with van der Waals surface area (Å²) in [7, 11) is 0. The van der Waals surface area contributed by atoms with Gasteiger partial charge in [0.25, 0.3) is 0 Å². The first-order chi connectivity index (χ1) is 15.4. The highest BCUT2D eigenvalue weighted by Gasteiger charge is 2.45. The lowest BCUT2D eigenvalue weighted by molar-refractivity contribution is -0.557. The van der Waals surface area contributed by atoms with Gasteiger partial charge in [0.15, 0.2) is 18.1 Å². The number of nitrogens with zero attached hydrogens (tertiary/aromatic N) is 8. The summed E-state index contributed by atoms with van der Waals surface area (Å²) >= 11 is 0. The number of anilines is 1. The second-order valence-electron chi connectivity index (χ2n) is 9.51. The molecule has 0 radical (unpaired) electrons. The highest BCUT2D eigenvalue weighted by atomic mass is 16.2. The largest absolute Gasteiger partial charge is 0.326 e. The van der Waals surface area contributed by atoms with E-state index in [1.54, 1.807) is 11.2 Å². The van der Waals surface area contributed by atoms with E-state index in [0.29, 0.717) is 36.3 Å². The van der Waals surface area contributed by atoms with Crippen LogP contribution in [0.5, 0.6) is 0 Å². The first-order valence-corrected chi connectivity index (χ1v) is 11.5. The molecule has 0 aromatic carbocycles. The van der Waals surface area contributed by atoms with Crippen LogP contribution in [0, 0.1) is 11.8 Å². The fraction of sp³-hybridized carbons (Fsp3) is 0.565. The standard InChI is InChI=1S/C23H31N8O/c1-15(2)30-14-24-27-22(30)20-6-5-7-21(26-20)29-9-8-28(23(29)32)19-10-17(11-19)18-12-25-31(13-18)16(3)4/h5-7,12-19H,8-11H2,1-4H3/q+1. The molecule has 1 unspecified atom stereocenters. The van der Waals surface area contributed by atoms with Crippen LogP contribution in [0.4, 0.5) is 10.6 Å². The molecule has 0 bridgehead atoms.